The normalized spacial score (nSPS) is 15.3. The molecule has 1 aliphatic carbocycles. The molecule has 0 spiro atoms. The monoisotopic (exact) mass is 286 g/mol. The van der Waals surface area contributed by atoms with Crippen molar-refractivity contribution in [1.82, 2.24) is 9.88 Å². The summed E-state index contributed by atoms with van der Waals surface area (Å²) in [6.45, 7) is 3.48. The number of hydrogen-bond donors (Lipinski definition) is 0. The highest BCUT2D eigenvalue weighted by molar-refractivity contribution is 6.34. The Morgan fingerprint density at radius 2 is 2.17 bits per heavy atom. The Morgan fingerprint density at radius 3 is 2.67 bits per heavy atom. The Kier molecular flexibility index (Phi) is 4.46. The second kappa shape index (κ2) is 5.89. The molecule has 1 aliphatic rings. The van der Waals surface area contributed by atoms with Gasteiger partial charge in [-0.25, -0.2) is 4.98 Å². The second-order valence-electron chi connectivity index (χ2n) is 4.61. The first-order chi connectivity index (χ1) is 8.61. The smallest absolute Gasteiger partial charge is 0.256 e. The molecule has 5 heteroatoms. The third-order valence-electron chi connectivity index (χ3n) is 3.42. The zero-order valence-corrected chi connectivity index (χ0v) is 11.8. The van der Waals surface area contributed by atoms with Gasteiger partial charge >= 0.3 is 0 Å². The fraction of sp³-hybridized carbons (Fsp3) is 0.538. The predicted octanol–water partition coefficient (Wildman–Crippen LogP) is 3.65. The van der Waals surface area contributed by atoms with Gasteiger partial charge in [-0.05, 0) is 37.8 Å². The van der Waals surface area contributed by atoms with E-state index in [4.69, 9.17) is 23.2 Å². The molecule has 1 amide bonds. The lowest BCUT2D eigenvalue weighted by molar-refractivity contribution is 0.0706. The first-order valence-corrected chi connectivity index (χ1v) is 6.98. The van der Waals surface area contributed by atoms with Gasteiger partial charge in [0.2, 0.25) is 0 Å². The summed E-state index contributed by atoms with van der Waals surface area (Å²) in [5.74, 6) is 0.589. The van der Waals surface area contributed by atoms with Crippen LogP contribution in [-0.4, -0.2) is 28.9 Å². The number of aromatic nitrogens is 1. The van der Waals surface area contributed by atoms with E-state index in [1.54, 1.807) is 12.1 Å². The number of rotatable bonds is 4. The Hall–Kier alpha value is -0.800. The highest BCUT2D eigenvalue weighted by atomic mass is 35.5. The van der Waals surface area contributed by atoms with Crippen LogP contribution >= 0.6 is 23.2 Å². The van der Waals surface area contributed by atoms with E-state index in [0.717, 1.165) is 6.54 Å². The highest BCUT2D eigenvalue weighted by Gasteiger charge is 2.24. The van der Waals surface area contributed by atoms with Gasteiger partial charge in [-0.3, -0.25) is 4.79 Å². The summed E-state index contributed by atoms with van der Waals surface area (Å²) in [5.41, 5.74) is 0.433. The largest absolute Gasteiger partial charge is 0.339 e. The van der Waals surface area contributed by atoms with E-state index in [1.807, 2.05) is 11.8 Å². The lowest BCUT2D eigenvalue weighted by atomic mass is 9.85. The molecule has 0 atom stereocenters. The van der Waals surface area contributed by atoms with Crippen LogP contribution in [0, 0.1) is 5.92 Å². The van der Waals surface area contributed by atoms with Crippen LogP contribution in [0.15, 0.2) is 12.1 Å². The molecule has 1 heterocycles. The molecule has 1 aromatic heterocycles. The van der Waals surface area contributed by atoms with Gasteiger partial charge < -0.3 is 4.90 Å². The molecule has 0 unspecified atom stereocenters. The van der Waals surface area contributed by atoms with Crippen LogP contribution in [-0.2, 0) is 0 Å². The van der Waals surface area contributed by atoms with E-state index in [1.165, 1.54) is 19.3 Å². The van der Waals surface area contributed by atoms with Crippen molar-refractivity contribution >= 4 is 29.1 Å². The average Bonchev–Trinajstić information content (AvgIpc) is 2.27. The van der Waals surface area contributed by atoms with Crippen molar-refractivity contribution in [2.75, 3.05) is 13.1 Å². The Labute approximate surface area is 117 Å². The van der Waals surface area contributed by atoms with Crippen LogP contribution in [0.2, 0.25) is 10.3 Å². The summed E-state index contributed by atoms with van der Waals surface area (Å²) < 4.78 is 0. The third kappa shape index (κ3) is 2.96. The third-order valence-corrected chi connectivity index (χ3v) is 3.92. The van der Waals surface area contributed by atoms with E-state index >= 15 is 0 Å². The number of carbonyl (C=O) groups is 1. The minimum absolute atomic E-state index is 0.0569. The van der Waals surface area contributed by atoms with Gasteiger partial charge in [-0.2, -0.15) is 0 Å². The Bertz CT molecular complexity index is 447. The summed E-state index contributed by atoms with van der Waals surface area (Å²) in [7, 11) is 0. The topological polar surface area (TPSA) is 33.2 Å². The van der Waals surface area contributed by atoms with Crippen LogP contribution in [0.5, 0.6) is 0 Å². The molecule has 0 aromatic carbocycles. The fourth-order valence-electron chi connectivity index (χ4n) is 2.08. The molecule has 0 bridgehead atoms. The maximum absolute atomic E-state index is 12.3. The molecule has 0 aliphatic heterocycles. The lowest BCUT2D eigenvalue weighted by Gasteiger charge is -2.31. The zero-order valence-electron chi connectivity index (χ0n) is 10.3. The van der Waals surface area contributed by atoms with Crippen LogP contribution in [0.3, 0.4) is 0 Å². The molecular formula is C13H16Cl2N2O. The van der Waals surface area contributed by atoms with E-state index in [9.17, 15) is 4.79 Å². The molecule has 0 radical (unpaired) electrons. The molecule has 18 heavy (non-hydrogen) atoms. The minimum atomic E-state index is -0.0569. The van der Waals surface area contributed by atoms with Gasteiger partial charge in [0.1, 0.15) is 10.3 Å². The van der Waals surface area contributed by atoms with Crippen molar-refractivity contribution in [3.05, 3.63) is 28.0 Å². The maximum Gasteiger partial charge on any atom is 0.256 e. The quantitative estimate of drug-likeness (QED) is 0.792. The van der Waals surface area contributed by atoms with Gasteiger partial charge in [-0.15, -0.1) is 0 Å². The number of halogens is 2. The van der Waals surface area contributed by atoms with Crippen molar-refractivity contribution in [3.63, 3.8) is 0 Å². The van der Waals surface area contributed by atoms with Crippen LogP contribution in [0.25, 0.3) is 0 Å². The Morgan fingerprint density at radius 1 is 1.44 bits per heavy atom. The summed E-state index contributed by atoms with van der Waals surface area (Å²) >= 11 is 11.7. The highest BCUT2D eigenvalue weighted by Crippen LogP contribution is 2.28. The number of hydrogen-bond acceptors (Lipinski definition) is 2. The van der Waals surface area contributed by atoms with E-state index in [0.29, 0.717) is 23.2 Å². The van der Waals surface area contributed by atoms with Crippen molar-refractivity contribution < 1.29 is 4.79 Å². The average molecular weight is 287 g/mol. The fourth-order valence-corrected chi connectivity index (χ4v) is 2.51. The van der Waals surface area contributed by atoms with E-state index < -0.39 is 0 Å². The van der Waals surface area contributed by atoms with Crippen molar-refractivity contribution in [2.24, 2.45) is 5.92 Å². The number of pyridine rings is 1. The zero-order chi connectivity index (χ0) is 13.1. The van der Waals surface area contributed by atoms with Crippen molar-refractivity contribution in [1.29, 1.82) is 0 Å². The molecule has 0 N–H and O–H groups in total. The SMILES string of the molecule is CCN(CC1CCC1)C(=O)c1ccc(Cl)nc1Cl. The first-order valence-electron chi connectivity index (χ1n) is 6.23. The van der Waals surface area contributed by atoms with Crippen LogP contribution < -0.4 is 0 Å². The number of carbonyl (C=O) groups excluding carboxylic acids is 1. The van der Waals surface area contributed by atoms with Gasteiger partial charge in [0.05, 0.1) is 5.56 Å². The van der Waals surface area contributed by atoms with E-state index in [2.05, 4.69) is 4.98 Å². The summed E-state index contributed by atoms with van der Waals surface area (Å²) in [5, 5.41) is 0.484. The Balaban J connectivity index is 2.11. The molecule has 1 fully saturated rings. The number of nitrogens with zero attached hydrogens (tertiary/aromatic N) is 2. The van der Waals surface area contributed by atoms with Crippen LogP contribution in [0.1, 0.15) is 36.5 Å². The summed E-state index contributed by atoms with van der Waals surface area (Å²) in [6.07, 6.45) is 3.71. The molecule has 1 aromatic rings. The van der Waals surface area contributed by atoms with Gasteiger partial charge in [-0.1, -0.05) is 29.6 Å². The molecule has 98 valence electrons. The molecule has 2 rings (SSSR count). The first kappa shape index (κ1) is 13.6. The lowest BCUT2D eigenvalue weighted by Crippen LogP contribution is -2.37. The van der Waals surface area contributed by atoms with Gasteiger partial charge in [0, 0.05) is 13.1 Å². The molecule has 1 saturated carbocycles. The predicted molar refractivity (Wildman–Crippen MR) is 73.2 cm³/mol. The van der Waals surface area contributed by atoms with E-state index in [-0.39, 0.29) is 11.1 Å². The summed E-state index contributed by atoms with van der Waals surface area (Å²) in [6, 6.07) is 3.24. The number of amides is 1. The van der Waals surface area contributed by atoms with Crippen LogP contribution in [0.4, 0.5) is 0 Å². The molecule has 0 saturated heterocycles. The van der Waals surface area contributed by atoms with Crippen molar-refractivity contribution in [3.8, 4) is 0 Å². The minimum Gasteiger partial charge on any atom is -0.339 e. The van der Waals surface area contributed by atoms with Crippen molar-refractivity contribution in [2.45, 2.75) is 26.2 Å². The molecular weight excluding hydrogens is 271 g/mol. The second-order valence-corrected chi connectivity index (χ2v) is 5.36. The maximum atomic E-state index is 12.3. The van der Waals surface area contributed by atoms with Gasteiger partial charge in [0.15, 0.2) is 0 Å². The summed E-state index contributed by atoms with van der Waals surface area (Å²) in [4.78, 5) is 18.1. The van der Waals surface area contributed by atoms with Gasteiger partial charge in [0.25, 0.3) is 5.91 Å². The molecule has 3 nitrogen and oxygen atoms in total. The standard InChI is InChI=1S/C13H16Cl2N2O/c1-2-17(8-9-4-3-5-9)13(18)10-6-7-11(14)16-12(10)15/h6-7,9H,2-5,8H2,1H3.